The number of rotatable bonds is 6. The summed E-state index contributed by atoms with van der Waals surface area (Å²) in [5, 5.41) is 1.20. The van der Waals surface area contributed by atoms with Gasteiger partial charge in [0.05, 0.1) is 24.3 Å². The maximum Gasteiger partial charge on any atom is 0.161 e. The first-order valence-electron chi connectivity index (χ1n) is 8.56. The summed E-state index contributed by atoms with van der Waals surface area (Å²) in [5.74, 6) is 2.60. The monoisotopic (exact) mass is 411 g/mol. The highest BCUT2D eigenvalue weighted by Crippen LogP contribution is 2.39. The molecular formula is C20H23Cl2NO2S. The Hall–Kier alpha value is -1.07. The highest BCUT2D eigenvalue weighted by Gasteiger charge is 2.26. The molecule has 0 fully saturated rings. The van der Waals surface area contributed by atoms with Gasteiger partial charge in [0.1, 0.15) is 0 Å². The van der Waals surface area contributed by atoms with Crippen molar-refractivity contribution in [3.63, 3.8) is 0 Å². The summed E-state index contributed by atoms with van der Waals surface area (Å²) < 4.78 is 11.0. The first-order valence-corrected chi connectivity index (χ1v) is 10.3. The molecule has 1 aliphatic rings. The molecule has 0 radical (unpaired) electrons. The lowest BCUT2D eigenvalue weighted by atomic mass is 9.91. The predicted molar refractivity (Wildman–Crippen MR) is 110 cm³/mol. The fraction of sp³-hybridized carbons (Fsp3) is 0.400. The van der Waals surface area contributed by atoms with Gasteiger partial charge in [-0.15, -0.1) is 11.8 Å². The van der Waals surface area contributed by atoms with Crippen LogP contribution in [0.5, 0.6) is 11.5 Å². The number of fused-ring (bicyclic) bond motifs is 1. The van der Waals surface area contributed by atoms with Crippen LogP contribution in [-0.4, -0.2) is 38.5 Å². The highest BCUT2D eigenvalue weighted by molar-refractivity contribution is 7.99. The van der Waals surface area contributed by atoms with E-state index in [0.29, 0.717) is 16.1 Å². The Labute approximate surface area is 169 Å². The summed E-state index contributed by atoms with van der Waals surface area (Å²) in [6, 6.07) is 10.4. The van der Waals surface area contributed by atoms with Gasteiger partial charge in [-0.2, -0.15) is 0 Å². The zero-order chi connectivity index (χ0) is 18.7. The largest absolute Gasteiger partial charge is 0.493 e. The number of ether oxygens (including phenoxy) is 2. The van der Waals surface area contributed by atoms with Crippen LogP contribution in [0, 0.1) is 0 Å². The van der Waals surface area contributed by atoms with Crippen LogP contribution in [0.3, 0.4) is 0 Å². The Morgan fingerprint density at radius 3 is 2.50 bits per heavy atom. The van der Waals surface area contributed by atoms with Crippen molar-refractivity contribution in [3.8, 4) is 11.5 Å². The summed E-state index contributed by atoms with van der Waals surface area (Å²) in [6.45, 7) is 1.05. The van der Waals surface area contributed by atoms with Crippen molar-refractivity contribution in [3.05, 3.63) is 51.5 Å². The molecule has 2 aromatic rings. The normalized spacial score (nSPS) is 17.0. The average Bonchev–Trinajstić information content (AvgIpc) is 2.65. The van der Waals surface area contributed by atoms with Crippen LogP contribution in [0.1, 0.15) is 23.6 Å². The van der Waals surface area contributed by atoms with Crippen LogP contribution in [0.2, 0.25) is 10.0 Å². The van der Waals surface area contributed by atoms with Gasteiger partial charge in [-0.05, 0) is 67.1 Å². The predicted octanol–water partition coefficient (Wildman–Crippen LogP) is 5.72. The molecule has 0 aromatic heterocycles. The number of likely N-dealkylation sites (N-methyl/N-ethyl adjacent to an activating group) is 1. The highest BCUT2D eigenvalue weighted by atomic mass is 35.5. The van der Waals surface area contributed by atoms with Crippen LogP contribution in [0.25, 0.3) is 0 Å². The quantitative estimate of drug-likeness (QED) is 0.566. The maximum absolute atomic E-state index is 6.11. The summed E-state index contributed by atoms with van der Waals surface area (Å²) in [5.41, 5.74) is 2.69. The van der Waals surface area contributed by atoms with Crippen LogP contribution in [-0.2, 0) is 6.42 Å². The molecule has 3 nitrogen and oxygen atoms in total. The molecule has 26 heavy (non-hydrogen) atoms. The molecule has 1 aliphatic heterocycles. The number of nitrogens with zero attached hydrogens (tertiary/aromatic N) is 1. The summed E-state index contributed by atoms with van der Waals surface area (Å²) in [4.78, 5) is 3.56. The summed E-state index contributed by atoms with van der Waals surface area (Å²) in [6.07, 6.45) is 2.08. The molecule has 0 spiro atoms. The molecule has 6 heteroatoms. The second-order valence-electron chi connectivity index (χ2n) is 6.37. The van der Waals surface area contributed by atoms with Gasteiger partial charge in [0.15, 0.2) is 11.5 Å². The van der Waals surface area contributed by atoms with E-state index >= 15 is 0 Å². The zero-order valence-corrected chi connectivity index (χ0v) is 17.5. The Morgan fingerprint density at radius 2 is 1.81 bits per heavy atom. The van der Waals surface area contributed by atoms with Crippen LogP contribution in [0.15, 0.2) is 35.2 Å². The summed E-state index contributed by atoms with van der Waals surface area (Å²) in [7, 11) is 5.56. The molecule has 2 aromatic carbocycles. The lowest BCUT2D eigenvalue weighted by molar-refractivity contribution is 0.225. The smallest absolute Gasteiger partial charge is 0.161 e. The Kier molecular flexibility index (Phi) is 6.62. The van der Waals surface area contributed by atoms with Crippen molar-refractivity contribution < 1.29 is 9.47 Å². The average molecular weight is 412 g/mol. The molecule has 1 atom stereocenters. The minimum atomic E-state index is 0.369. The molecule has 0 saturated heterocycles. The molecule has 0 aliphatic carbocycles. The van der Waals surface area contributed by atoms with Gasteiger partial charge in [-0.1, -0.05) is 23.2 Å². The van der Waals surface area contributed by atoms with E-state index in [2.05, 4.69) is 24.1 Å². The molecule has 0 N–H and O–H groups in total. The van der Waals surface area contributed by atoms with Gasteiger partial charge >= 0.3 is 0 Å². The van der Waals surface area contributed by atoms with E-state index in [4.69, 9.17) is 32.7 Å². The van der Waals surface area contributed by atoms with E-state index in [1.165, 1.54) is 11.1 Å². The topological polar surface area (TPSA) is 21.7 Å². The minimum Gasteiger partial charge on any atom is -0.493 e. The van der Waals surface area contributed by atoms with Crippen molar-refractivity contribution in [2.75, 3.05) is 33.6 Å². The van der Waals surface area contributed by atoms with Crippen LogP contribution < -0.4 is 9.47 Å². The van der Waals surface area contributed by atoms with Gasteiger partial charge < -0.3 is 9.47 Å². The fourth-order valence-corrected chi connectivity index (χ4v) is 4.69. The second kappa shape index (κ2) is 8.75. The van der Waals surface area contributed by atoms with Gasteiger partial charge in [-0.3, -0.25) is 4.90 Å². The van der Waals surface area contributed by atoms with Crippen molar-refractivity contribution in [2.24, 2.45) is 0 Å². The Morgan fingerprint density at radius 1 is 1.08 bits per heavy atom. The molecule has 140 valence electrons. The van der Waals surface area contributed by atoms with Crippen molar-refractivity contribution in [1.29, 1.82) is 0 Å². The van der Waals surface area contributed by atoms with Crippen LogP contribution >= 0.6 is 35.0 Å². The molecular weight excluding hydrogens is 389 g/mol. The van der Waals surface area contributed by atoms with Crippen molar-refractivity contribution >= 4 is 35.0 Å². The van der Waals surface area contributed by atoms with Gasteiger partial charge in [0.25, 0.3) is 0 Å². The Bertz CT molecular complexity index is 785. The van der Waals surface area contributed by atoms with Crippen LogP contribution in [0.4, 0.5) is 0 Å². The van der Waals surface area contributed by atoms with E-state index in [-0.39, 0.29) is 0 Å². The lowest BCUT2D eigenvalue weighted by Crippen LogP contribution is -2.32. The SMILES string of the molecule is COc1cc2c(cc1OC)C(CCSc1ccc(Cl)c(Cl)c1)N(C)CC2. The van der Waals surface area contributed by atoms with E-state index in [0.717, 1.165) is 41.5 Å². The number of hydrogen-bond donors (Lipinski definition) is 0. The van der Waals surface area contributed by atoms with Gasteiger partial charge in [0.2, 0.25) is 0 Å². The molecule has 0 bridgehead atoms. The number of hydrogen-bond acceptors (Lipinski definition) is 4. The van der Waals surface area contributed by atoms with Gasteiger partial charge in [-0.25, -0.2) is 0 Å². The molecule has 1 heterocycles. The number of thioether (sulfide) groups is 1. The lowest BCUT2D eigenvalue weighted by Gasteiger charge is -2.35. The fourth-order valence-electron chi connectivity index (χ4n) is 3.38. The first-order chi connectivity index (χ1) is 12.5. The second-order valence-corrected chi connectivity index (χ2v) is 8.35. The minimum absolute atomic E-state index is 0.369. The number of benzene rings is 2. The molecule has 0 amide bonds. The van der Waals surface area contributed by atoms with Crippen molar-refractivity contribution in [1.82, 2.24) is 4.90 Å². The summed E-state index contributed by atoms with van der Waals surface area (Å²) >= 11 is 13.9. The van der Waals surface area contributed by atoms with E-state index in [1.54, 1.807) is 26.0 Å². The molecule has 0 saturated carbocycles. The van der Waals surface area contributed by atoms with Crippen molar-refractivity contribution in [2.45, 2.75) is 23.8 Å². The zero-order valence-electron chi connectivity index (χ0n) is 15.2. The maximum atomic E-state index is 6.11. The Balaban J connectivity index is 1.74. The third-order valence-corrected chi connectivity index (χ3v) is 6.59. The number of halogens is 2. The van der Waals surface area contributed by atoms with E-state index in [1.807, 2.05) is 18.2 Å². The van der Waals surface area contributed by atoms with E-state index in [9.17, 15) is 0 Å². The molecule has 1 unspecified atom stereocenters. The third kappa shape index (κ3) is 4.25. The van der Waals surface area contributed by atoms with Gasteiger partial charge in [0, 0.05) is 17.5 Å². The third-order valence-electron chi connectivity index (χ3n) is 4.82. The van der Waals surface area contributed by atoms with E-state index < -0.39 is 0 Å². The standard InChI is InChI=1S/C20H23Cl2NO2S/c1-23-8-6-13-10-19(24-2)20(25-3)12-15(13)18(23)7-9-26-14-4-5-16(21)17(22)11-14/h4-5,10-12,18H,6-9H2,1-3H3. The number of methoxy groups -OCH3 is 2. The molecule has 3 rings (SSSR count). The first kappa shape index (κ1) is 19.7.